The van der Waals surface area contributed by atoms with Crippen molar-refractivity contribution in [2.24, 2.45) is 5.92 Å². The van der Waals surface area contributed by atoms with Crippen LogP contribution in [0.4, 0.5) is 5.82 Å². The third-order valence-electron chi connectivity index (χ3n) is 7.12. The van der Waals surface area contributed by atoms with Gasteiger partial charge in [0.25, 0.3) is 0 Å². The fourth-order valence-electron chi connectivity index (χ4n) is 4.63. The van der Waals surface area contributed by atoms with Gasteiger partial charge in [-0.2, -0.15) is 5.26 Å². The van der Waals surface area contributed by atoms with Crippen molar-refractivity contribution in [3.8, 4) is 28.5 Å². The van der Waals surface area contributed by atoms with Crippen molar-refractivity contribution in [1.82, 2.24) is 15.3 Å². The Morgan fingerprint density at radius 2 is 1.81 bits per heavy atom. The molecule has 0 aliphatic rings. The average Bonchev–Trinajstić information content (AvgIpc) is 3.04. The van der Waals surface area contributed by atoms with Crippen molar-refractivity contribution in [3.05, 3.63) is 108 Å². The van der Waals surface area contributed by atoms with Gasteiger partial charge < -0.3 is 10.6 Å². The summed E-state index contributed by atoms with van der Waals surface area (Å²) in [4.78, 5) is 18.5. The standard InChI is InChI=1S/C30H36N4.C6H5NO/c1-6-7-8-12-21(2)20-33-23(4)24-14-11-15-25(17-24)27-18-29(26-16-10-9-13-22(26)3)34-30(32-5)28(27)19-31;8-5-6-1-3-7-4-2-6/h9-11,13-18,21,33H,4,6-8,12,20H2,1-3,5H3,(H,32,34);1-5H. The van der Waals surface area contributed by atoms with E-state index < -0.39 is 0 Å². The number of hydrogen-bond donors (Lipinski definition) is 2. The third kappa shape index (κ3) is 8.87. The molecule has 42 heavy (non-hydrogen) atoms. The molecule has 216 valence electrons. The molecule has 4 aromatic rings. The molecule has 0 saturated carbocycles. The number of hydrogen-bond acceptors (Lipinski definition) is 6. The molecule has 2 aromatic heterocycles. The summed E-state index contributed by atoms with van der Waals surface area (Å²) in [5, 5.41) is 16.6. The quantitative estimate of drug-likeness (QED) is 0.134. The van der Waals surface area contributed by atoms with Gasteiger partial charge in [0.05, 0.1) is 5.69 Å². The molecule has 2 heterocycles. The fourth-order valence-corrected chi connectivity index (χ4v) is 4.63. The zero-order valence-corrected chi connectivity index (χ0v) is 25.2. The lowest BCUT2D eigenvalue weighted by molar-refractivity contribution is 0.112. The first-order chi connectivity index (χ1) is 20.4. The average molecular weight is 560 g/mol. The van der Waals surface area contributed by atoms with E-state index in [1.54, 1.807) is 31.6 Å². The number of aromatic nitrogens is 2. The van der Waals surface area contributed by atoms with Gasteiger partial charge in [-0.25, -0.2) is 4.98 Å². The van der Waals surface area contributed by atoms with Gasteiger partial charge >= 0.3 is 0 Å². The van der Waals surface area contributed by atoms with Crippen LogP contribution in [0.1, 0.15) is 66.6 Å². The van der Waals surface area contributed by atoms with Crippen molar-refractivity contribution >= 4 is 17.8 Å². The molecule has 1 atom stereocenters. The van der Waals surface area contributed by atoms with Crippen LogP contribution in [0.15, 0.2) is 85.7 Å². The first kappa shape index (κ1) is 31.8. The summed E-state index contributed by atoms with van der Waals surface area (Å²) in [6.07, 6.45) is 9.01. The Balaban J connectivity index is 0.000000521. The number of aldehydes is 1. The summed E-state index contributed by atoms with van der Waals surface area (Å²) in [6.45, 7) is 11.8. The number of benzene rings is 2. The fraction of sp³-hybridized carbons (Fsp3) is 0.278. The summed E-state index contributed by atoms with van der Waals surface area (Å²) in [7, 11) is 1.80. The molecule has 0 bridgehead atoms. The van der Waals surface area contributed by atoms with E-state index >= 15 is 0 Å². The second-order valence-corrected chi connectivity index (χ2v) is 10.4. The lowest BCUT2D eigenvalue weighted by Gasteiger charge is -2.17. The first-order valence-corrected chi connectivity index (χ1v) is 14.5. The Labute approximate surface area is 250 Å². The van der Waals surface area contributed by atoms with E-state index in [1.807, 2.05) is 30.3 Å². The monoisotopic (exact) mass is 559 g/mol. The molecule has 6 heteroatoms. The number of aryl methyl sites for hydroxylation is 1. The predicted octanol–water partition coefficient (Wildman–Crippen LogP) is 8.31. The molecule has 0 fully saturated rings. The van der Waals surface area contributed by atoms with Crippen molar-refractivity contribution in [2.75, 3.05) is 18.9 Å². The van der Waals surface area contributed by atoms with E-state index in [1.165, 1.54) is 25.7 Å². The van der Waals surface area contributed by atoms with Crippen LogP contribution >= 0.6 is 0 Å². The highest BCUT2D eigenvalue weighted by atomic mass is 16.1. The highest BCUT2D eigenvalue weighted by Gasteiger charge is 2.16. The minimum Gasteiger partial charge on any atom is -0.385 e. The van der Waals surface area contributed by atoms with Crippen LogP contribution in [0.5, 0.6) is 0 Å². The van der Waals surface area contributed by atoms with E-state index in [9.17, 15) is 10.1 Å². The molecule has 0 aliphatic carbocycles. The van der Waals surface area contributed by atoms with Gasteiger partial charge in [-0.3, -0.25) is 9.78 Å². The van der Waals surface area contributed by atoms with Gasteiger partial charge in [-0.05, 0) is 60.2 Å². The maximum Gasteiger partial charge on any atom is 0.150 e. The van der Waals surface area contributed by atoms with Gasteiger partial charge in [0.15, 0.2) is 0 Å². The largest absolute Gasteiger partial charge is 0.385 e. The minimum atomic E-state index is 0.542. The summed E-state index contributed by atoms with van der Waals surface area (Å²) in [5.41, 5.74) is 8.03. The van der Waals surface area contributed by atoms with Gasteiger partial charge in [0.2, 0.25) is 0 Å². The van der Waals surface area contributed by atoms with Crippen LogP contribution in [0.3, 0.4) is 0 Å². The molecule has 6 nitrogen and oxygen atoms in total. The second kappa shape index (κ2) is 16.5. The third-order valence-corrected chi connectivity index (χ3v) is 7.12. The van der Waals surface area contributed by atoms with Crippen molar-refractivity contribution in [3.63, 3.8) is 0 Å². The number of unbranched alkanes of at least 4 members (excludes halogenated alkanes) is 2. The number of carbonyl (C=O) groups excluding carboxylic acids is 1. The molecule has 2 N–H and O–H groups in total. The summed E-state index contributed by atoms with van der Waals surface area (Å²) < 4.78 is 0. The normalized spacial score (nSPS) is 10.9. The molecule has 0 aliphatic heterocycles. The van der Waals surface area contributed by atoms with Crippen LogP contribution in [-0.4, -0.2) is 29.8 Å². The maximum absolute atomic E-state index is 9.98. The van der Waals surface area contributed by atoms with Crippen molar-refractivity contribution < 1.29 is 4.79 Å². The number of anilines is 1. The lowest BCUT2D eigenvalue weighted by atomic mass is 9.95. The van der Waals surface area contributed by atoms with E-state index in [0.29, 0.717) is 22.9 Å². The van der Waals surface area contributed by atoms with Crippen LogP contribution in [0, 0.1) is 24.2 Å². The van der Waals surface area contributed by atoms with Crippen LogP contribution < -0.4 is 10.6 Å². The zero-order valence-electron chi connectivity index (χ0n) is 25.2. The molecule has 0 spiro atoms. The lowest BCUT2D eigenvalue weighted by Crippen LogP contribution is -2.19. The number of nitrogens with zero attached hydrogens (tertiary/aromatic N) is 3. The molecule has 4 rings (SSSR count). The Morgan fingerprint density at radius 3 is 2.45 bits per heavy atom. The van der Waals surface area contributed by atoms with Crippen molar-refractivity contribution in [1.29, 1.82) is 5.26 Å². The number of nitriles is 1. The SMILES string of the molecule is C=C(NCC(C)CCCCC)c1cccc(-c2cc(-c3ccccc3C)nc(NC)c2C#N)c1.O=Cc1ccncc1. The Morgan fingerprint density at radius 1 is 1.05 bits per heavy atom. The number of pyridine rings is 2. The van der Waals surface area contributed by atoms with Gasteiger partial charge in [0, 0.05) is 48.4 Å². The molecule has 0 saturated heterocycles. The Kier molecular flexibility index (Phi) is 12.5. The van der Waals surface area contributed by atoms with Gasteiger partial charge in [-0.15, -0.1) is 0 Å². The first-order valence-electron chi connectivity index (χ1n) is 14.5. The maximum atomic E-state index is 9.98. The van der Waals surface area contributed by atoms with Crippen LogP contribution in [-0.2, 0) is 0 Å². The van der Waals surface area contributed by atoms with Crippen LogP contribution in [0.2, 0.25) is 0 Å². The summed E-state index contributed by atoms with van der Waals surface area (Å²) in [6, 6.07) is 24.1. The number of rotatable bonds is 12. The molecular weight excluding hydrogens is 518 g/mol. The van der Waals surface area contributed by atoms with E-state index in [-0.39, 0.29) is 0 Å². The number of carbonyl (C=O) groups is 1. The second-order valence-electron chi connectivity index (χ2n) is 10.4. The summed E-state index contributed by atoms with van der Waals surface area (Å²) in [5.74, 6) is 1.19. The Hall–Kier alpha value is -4.76. The molecule has 1 unspecified atom stereocenters. The summed E-state index contributed by atoms with van der Waals surface area (Å²) >= 11 is 0. The van der Waals surface area contributed by atoms with E-state index in [4.69, 9.17) is 4.98 Å². The van der Waals surface area contributed by atoms with E-state index in [2.05, 4.69) is 73.3 Å². The predicted molar refractivity (Wildman–Crippen MR) is 174 cm³/mol. The minimum absolute atomic E-state index is 0.542. The number of nitrogens with one attached hydrogen (secondary N) is 2. The highest BCUT2D eigenvalue weighted by molar-refractivity contribution is 5.83. The van der Waals surface area contributed by atoms with Crippen molar-refractivity contribution in [2.45, 2.75) is 46.5 Å². The van der Waals surface area contributed by atoms with Gasteiger partial charge in [-0.1, -0.05) is 82.2 Å². The zero-order chi connectivity index (χ0) is 30.3. The molecule has 0 radical (unpaired) electrons. The smallest absolute Gasteiger partial charge is 0.150 e. The van der Waals surface area contributed by atoms with E-state index in [0.717, 1.165) is 52.0 Å². The van der Waals surface area contributed by atoms with Gasteiger partial charge in [0.1, 0.15) is 23.7 Å². The topological polar surface area (TPSA) is 90.7 Å². The Bertz CT molecular complexity index is 1510. The highest BCUT2D eigenvalue weighted by Crippen LogP contribution is 2.34. The van der Waals surface area contributed by atoms with Crippen LogP contribution in [0.25, 0.3) is 28.1 Å². The molecule has 2 aromatic carbocycles. The molecule has 0 amide bonds. The molecular formula is C36H41N5O.